The number of hydrogen-bond acceptors (Lipinski definition) is 6. The fourth-order valence-electron chi connectivity index (χ4n) is 3.41. The van der Waals surface area contributed by atoms with E-state index >= 15 is 0 Å². The zero-order valence-electron chi connectivity index (χ0n) is 16.1. The molecule has 1 saturated carbocycles. The summed E-state index contributed by atoms with van der Waals surface area (Å²) in [6, 6.07) is 3.82. The van der Waals surface area contributed by atoms with Crippen LogP contribution < -0.4 is 10.0 Å². The zero-order chi connectivity index (χ0) is 20.2. The molecule has 1 aliphatic rings. The number of sulfonamides is 1. The molecule has 0 heterocycles. The first-order chi connectivity index (χ1) is 12.5. The van der Waals surface area contributed by atoms with Gasteiger partial charge in [-0.3, -0.25) is 10.1 Å². The van der Waals surface area contributed by atoms with Crippen LogP contribution in [0.5, 0.6) is 0 Å². The Bertz CT molecular complexity index is 774. The lowest BCUT2D eigenvalue weighted by Gasteiger charge is -2.25. The Morgan fingerprint density at radius 3 is 2.48 bits per heavy atom. The molecule has 0 saturated heterocycles. The summed E-state index contributed by atoms with van der Waals surface area (Å²) < 4.78 is 27.5. The van der Waals surface area contributed by atoms with Crippen molar-refractivity contribution in [3.05, 3.63) is 28.3 Å². The first-order valence-electron chi connectivity index (χ1n) is 9.23. The third-order valence-electron chi connectivity index (χ3n) is 4.65. The Balaban J connectivity index is 2.34. The van der Waals surface area contributed by atoms with Crippen molar-refractivity contribution in [2.75, 3.05) is 11.9 Å². The molecule has 1 aliphatic carbocycles. The lowest BCUT2D eigenvalue weighted by Crippen LogP contribution is -2.40. The van der Waals surface area contributed by atoms with Crippen LogP contribution in [0.15, 0.2) is 23.1 Å². The minimum absolute atomic E-state index is 0.0213. The molecule has 9 heteroatoms. The van der Waals surface area contributed by atoms with Crippen LogP contribution >= 0.6 is 0 Å². The Kier molecular flexibility index (Phi) is 6.82. The molecule has 8 nitrogen and oxygen atoms in total. The largest absolute Gasteiger partial charge is 0.396 e. The molecule has 27 heavy (non-hydrogen) atoms. The monoisotopic (exact) mass is 399 g/mol. The quantitative estimate of drug-likeness (QED) is 0.384. The Morgan fingerprint density at radius 2 is 1.89 bits per heavy atom. The highest BCUT2D eigenvalue weighted by molar-refractivity contribution is 7.89. The lowest BCUT2D eigenvalue weighted by atomic mass is 9.95. The topological polar surface area (TPSA) is 122 Å². The number of nitro groups is 1. The number of rotatable bonds is 6. The van der Waals surface area contributed by atoms with E-state index in [4.69, 9.17) is 0 Å². The van der Waals surface area contributed by atoms with Crippen LogP contribution in [0.2, 0.25) is 0 Å². The van der Waals surface area contributed by atoms with Crippen molar-refractivity contribution in [3.63, 3.8) is 0 Å². The van der Waals surface area contributed by atoms with Gasteiger partial charge in [-0.25, -0.2) is 13.1 Å². The van der Waals surface area contributed by atoms with Crippen LogP contribution in [-0.2, 0) is 10.0 Å². The minimum atomic E-state index is -3.87. The molecular weight excluding hydrogens is 370 g/mol. The van der Waals surface area contributed by atoms with Crippen molar-refractivity contribution >= 4 is 21.4 Å². The molecule has 0 bridgehead atoms. The number of nitrogens with one attached hydrogen (secondary N) is 2. The number of aliphatic hydroxyl groups is 1. The van der Waals surface area contributed by atoms with Crippen molar-refractivity contribution in [2.24, 2.45) is 5.92 Å². The van der Waals surface area contributed by atoms with E-state index in [0.717, 1.165) is 38.2 Å². The maximum atomic E-state index is 12.5. The van der Waals surface area contributed by atoms with Crippen molar-refractivity contribution < 1.29 is 18.4 Å². The predicted molar refractivity (Wildman–Crippen MR) is 104 cm³/mol. The molecule has 2 atom stereocenters. The lowest BCUT2D eigenvalue weighted by molar-refractivity contribution is -0.384. The first kappa shape index (κ1) is 21.6. The van der Waals surface area contributed by atoms with Gasteiger partial charge in [0.15, 0.2) is 0 Å². The third-order valence-corrected chi connectivity index (χ3v) is 6.41. The number of nitrogens with zero attached hydrogens (tertiary/aromatic N) is 1. The predicted octanol–water partition coefficient (Wildman–Crippen LogP) is 3.02. The molecular formula is C18H29N3O5S. The molecule has 0 amide bonds. The van der Waals surface area contributed by atoms with Crippen LogP contribution in [0.25, 0.3) is 0 Å². The van der Waals surface area contributed by atoms with Gasteiger partial charge in [0, 0.05) is 30.2 Å². The number of hydrogen-bond donors (Lipinski definition) is 3. The van der Waals surface area contributed by atoms with Gasteiger partial charge in [0.05, 0.1) is 9.82 Å². The summed E-state index contributed by atoms with van der Waals surface area (Å²) >= 11 is 0. The van der Waals surface area contributed by atoms with E-state index in [1.807, 2.05) is 0 Å². The molecule has 1 fully saturated rings. The standard InChI is InChI=1S/C18H29N3O5S/c1-18(2,3)20-27(25,26)14-9-10-16(17(11-14)21(23)24)19-15-8-6-4-5-7-13(15)12-22/h9-11,13,15,19-20,22H,4-8,12H2,1-3H3. The average molecular weight is 400 g/mol. The van der Waals surface area contributed by atoms with Gasteiger partial charge < -0.3 is 10.4 Å². The van der Waals surface area contributed by atoms with Gasteiger partial charge in [0.25, 0.3) is 5.69 Å². The van der Waals surface area contributed by atoms with Gasteiger partial charge >= 0.3 is 0 Å². The second-order valence-corrected chi connectivity index (χ2v) is 9.81. The van der Waals surface area contributed by atoms with Crippen LogP contribution in [-0.4, -0.2) is 36.6 Å². The average Bonchev–Trinajstić information content (AvgIpc) is 2.77. The van der Waals surface area contributed by atoms with E-state index in [9.17, 15) is 23.6 Å². The van der Waals surface area contributed by atoms with Gasteiger partial charge in [-0.15, -0.1) is 0 Å². The number of anilines is 1. The highest BCUT2D eigenvalue weighted by Gasteiger charge is 2.28. The van der Waals surface area contributed by atoms with Gasteiger partial charge in [-0.05, 0) is 45.7 Å². The normalized spacial score (nSPS) is 21.5. The summed E-state index contributed by atoms with van der Waals surface area (Å²) in [4.78, 5) is 10.8. The van der Waals surface area contributed by atoms with E-state index in [2.05, 4.69) is 10.0 Å². The molecule has 1 aromatic carbocycles. The molecule has 0 aliphatic heterocycles. The third kappa shape index (κ3) is 5.88. The van der Waals surface area contributed by atoms with Gasteiger partial charge in [0.2, 0.25) is 10.0 Å². The first-order valence-corrected chi connectivity index (χ1v) is 10.7. The van der Waals surface area contributed by atoms with Gasteiger partial charge in [-0.1, -0.05) is 19.3 Å². The summed E-state index contributed by atoms with van der Waals surface area (Å²) in [5, 5.41) is 24.4. The van der Waals surface area contributed by atoms with E-state index in [0.29, 0.717) is 0 Å². The molecule has 0 spiro atoms. The summed E-state index contributed by atoms with van der Waals surface area (Å²) in [6.07, 6.45) is 4.77. The number of aliphatic hydroxyl groups excluding tert-OH is 1. The maximum Gasteiger partial charge on any atom is 0.293 e. The number of benzene rings is 1. The highest BCUT2D eigenvalue weighted by atomic mass is 32.2. The van der Waals surface area contributed by atoms with Gasteiger partial charge in [-0.2, -0.15) is 0 Å². The van der Waals surface area contributed by atoms with Crippen LogP contribution in [0.1, 0.15) is 52.9 Å². The van der Waals surface area contributed by atoms with E-state index in [1.54, 1.807) is 20.8 Å². The Hall–Kier alpha value is -1.71. The molecule has 0 radical (unpaired) electrons. The Labute approximate surface area is 160 Å². The van der Waals surface area contributed by atoms with Gasteiger partial charge in [0.1, 0.15) is 5.69 Å². The summed E-state index contributed by atoms with van der Waals surface area (Å²) in [5.41, 5.74) is -0.702. The molecule has 2 unspecified atom stereocenters. The Morgan fingerprint density at radius 1 is 1.22 bits per heavy atom. The zero-order valence-corrected chi connectivity index (χ0v) is 16.9. The SMILES string of the molecule is CC(C)(C)NS(=O)(=O)c1ccc(NC2CCCCCC2CO)c([N+](=O)[O-])c1. The molecule has 2 rings (SSSR count). The van der Waals surface area contributed by atoms with E-state index in [-0.39, 0.29) is 34.8 Å². The fourth-order valence-corrected chi connectivity index (χ4v) is 4.84. The second kappa shape index (κ2) is 8.53. The van der Waals surface area contributed by atoms with E-state index < -0.39 is 20.5 Å². The van der Waals surface area contributed by atoms with Crippen molar-refractivity contribution in [2.45, 2.75) is 69.4 Å². The van der Waals surface area contributed by atoms with Crippen LogP contribution in [0, 0.1) is 16.0 Å². The molecule has 152 valence electrons. The summed E-state index contributed by atoms with van der Waals surface area (Å²) in [5.74, 6) is 0.0260. The van der Waals surface area contributed by atoms with Crippen LogP contribution in [0.4, 0.5) is 11.4 Å². The maximum absolute atomic E-state index is 12.5. The minimum Gasteiger partial charge on any atom is -0.396 e. The molecule has 1 aromatic rings. The number of nitro benzene ring substituents is 1. The van der Waals surface area contributed by atoms with Crippen molar-refractivity contribution in [1.82, 2.24) is 4.72 Å². The second-order valence-electron chi connectivity index (χ2n) is 8.12. The van der Waals surface area contributed by atoms with Crippen molar-refractivity contribution in [3.8, 4) is 0 Å². The summed E-state index contributed by atoms with van der Waals surface area (Å²) in [7, 11) is -3.87. The van der Waals surface area contributed by atoms with Crippen LogP contribution in [0.3, 0.4) is 0 Å². The van der Waals surface area contributed by atoms with Crippen molar-refractivity contribution in [1.29, 1.82) is 0 Å². The molecule has 0 aromatic heterocycles. The fraction of sp³-hybridized carbons (Fsp3) is 0.667. The van der Waals surface area contributed by atoms with E-state index in [1.165, 1.54) is 12.1 Å². The summed E-state index contributed by atoms with van der Waals surface area (Å²) in [6.45, 7) is 5.13. The smallest absolute Gasteiger partial charge is 0.293 e. The molecule has 3 N–H and O–H groups in total. The highest BCUT2D eigenvalue weighted by Crippen LogP contribution is 2.32.